The van der Waals surface area contributed by atoms with Crippen LogP contribution in [0.5, 0.6) is 0 Å². The fourth-order valence-corrected chi connectivity index (χ4v) is 6.59. The van der Waals surface area contributed by atoms with Crippen molar-refractivity contribution in [3.63, 3.8) is 0 Å². The van der Waals surface area contributed by atoms with Crippen LogP contribution in [0.4, 0.5) is 5.69 Å². The molecule has 5 rings (SSSR count). The van der Waals surface area contributed by atoms with Gasteiger partial charge in [-0.1, -0.05) is 30.0 Å². The lowest BCUT2D eigenvalue weighted by Crippen LogP contribution is -2.40. The molecule has 2 aromatic heterocycles. The second-order valence-electron chi connectivity index (χ2n) is 7.37. The second kappa shape index (κ2) is 6.60. The van der Waals surface area contributed by atoms with Crippen LogP contribution in [-0.4, -0.2) is 27.2 Å². The number of amides is 1. The third-order valence-electron chi connectivity index (χ3n) is 5.55. The number of benzene rings is 1. The highest BCUT2D eigenvalue weighted by Crippen LogP contribution is 2.41. The number of anilines is 1. The summed E-state index contributed by atoms with van der Waals surface area (Å²) in [5.74, 6) is 0.163. The molecule has 3 aromatic rings. The first-order valence-corrected chi connectivity index (χ1v) is 11.2. The molecule has 4 nitrogen and oxygen atoms in total. The minimum Gasteiger partial charge on any atom is -0.308 e. The summed E-state index contributed by atoms with van der Waals surface area (Å²) in [5.41, 5.74) is 3.74. The molecule has 1 aliphatic carbocycles. The molecule has 1 aliphatic heterocycles. The first-order chi connectivity index (χ1) is 13.1. The van der Waals surface area contributed by atoms with Crippen molar-refractivity contribution in [1.82, 2.24) is 9.97 Å². The Hall–Kier alpha value is -1.92. The van der Waals surface area contributed by atoms with Crippen LogP contribution in [0.3, 0.4) is 0 Å². The van der Waals surface area contributed by atoms with E-state index in [1.165, 1.54) is 27.8 Å². The highest BCUT2D eigenvalue weighted by Gasteiger charge is 2.34. The summed E-state index contributed by atoms with van der Waals surface area (Å²) in [6.07, 6.45) is 6.04. The third-order valence-corrected chi connectivity index (χ3v) is 7.84. The van der Waals surface area contributed by atoms with Crippen molar-refractivity contribution in [2.75, 3.05) is 4.90 Å². The quantitative estimate of drug-likeness (QED) is 0.479. The number of fused-ring (bicyclic) bond motifs is 4. The molecule has 138 valence electrons. The van der Waals surface area contributed by atoms with Gasteiger partial charge < -0.3 is 4.90 Å². The van der Waals surface area contributed by atoms with Crippen LogP contribution in [0, 0.1) is 0 Å². The van der Waals surface area contributed by atoms with E-state index in [0.29, 0.717) is 0 Å². The Balaban J connectivity index is 1.45. The number of hydrogen-bond acceptors (Lipinski definition) is 5. The van der Waals surface area contributed by atoms with Gasteiger partial charge in [0.2, 0.25) is 5.91 Å². The minimum absolute atomic E-state index is 0.163. The van der Waals surface area contributed by atoms with E-state index in [1.54, 1.807) is 29.4 Å². The third kappa shape index (κ3) is 2.77. The Labute approximate surface area is 167 Å². The van der Waals surface area contributed by atoms with E-state index in [2.05, 4.69) is 29.0 Å². The highest BCUT2D eigenvalue weighted by atomic mass is 32.2. The van der Waals surface area contributed by atoms with Gasteiger partial charge in [-0.05, 0) is 56.7 Å². The molecule has 2 atom stereocenters. The Bertz CT molecular complexity index is 1050. The normalized spacial score (nSPS) is 19.3. The predicted octanol–water partition coefficient (Wildman–Crippen LogP) is 4.64. The molecule has 0 spiro atoms. The number of aromatic nitrogens is 2. The number of thioether (sulfide) groups is 1. The number of aryl methyl sites for hydroxylation is 2. The average Bonchev–Trinajstić information content (AvgIpc) is 3.32. The van der Waals surface area contributed by atoms with Crippen LogP contribution in [0.1, 0.15) is 36.3 Å². The summed E-state index contributed by atoms with van der Waals surface area (Å²) in [4.78, 5) is 26.8. The summed E-state index contributed by atoms with van der Waals surface area (Å²) in [6.45, 7) is 4.13. The van der Waals surface area contributed by atoms with Gasteiger partial charge in [0.25, 0.3) is 0 Å². The number of nitrogens with zero attached hydrogens (tertiary/aromatic N) is 3. The van der Waals surface area contributed by atoms with E-state index in [0.717, 1.165) is 34.8 Å². The number of para-hydroxylation sites is 1. The molecule has 0 bridgehead atoms. The molecule has 0 radical (unpaired) electrons. The van der Waals surface area contributed by atoms with E-state index >= 15 is 0 Å². The van der Waals surface area contributed by atoms with Crippen molar-refractivity contribution in [1.29, 1.82) is 0 Å². The van der Waals surface area contributed by atoms with Crippen LogP contribution in [-0.2, 0) is 24.1 Å². The van der Waals surface area contributed by atoms with E-state index in [-0.39, 0.29) is 17.2 Å². The van der Waals surface area contributed by atoms with E-state index in [4.69, 9.17) is 0 Å². The summed E-state index contributed by atoms with van der Waals surface area (Å²) < 4.78 is 0. The van der Waals surface area contributed by atoms with Crippen molar-refractivity contribution in [2.45, 2.75) is 55.8 Å². The fraction of sp³-hybridized carbons (Fsp3) is 0.381. The molecular formula is C21H21N3OS2. The summed E-state index contributed by atoms with van der Waals surface area (Å²) in [7, 11) is 0. The SMILES string of the molecule is C[C@H](Sc1ncnc2sc3c(c12)CCC3)C(=O)N1c2ccccc2C[C@H]1C. The molecular weight excluding hydrogens is 374 g/mol. The Morgan fingerprint density at radius 3 is 3.04 bits per heavy atom. The Morgan fingerprint density at radius 1 is 1.30 bits per heavy atom. The van der Waals surface area contributed by atoms with Gasteiger partial charge in [-0.15, -0.1) is 11.3 Å². The summed E-state index contributed by atoms with van der Waals surface area (Å²) in [6, 6.07) is 8.44. The molecule has 0 saturated carbocycles. The monoisotopic (exact) mass is 395 g/mol. The molecule has 0 unspecified atom stereocenters. The van der Waals surface area contributed by atoms with Gasteiger partial charge in [0.05, 0.1) is 5.25 Å². The second-order valence-corrected chi connectivity index (χ2v) is 9.78. The largest absolute Gasteiger partial charge is 0.308 e. The molecule has 1 aromatic carbocycles. The summed E-state index contributed by atoms with van der Waals surface area (Å²) >= 11 is 3.37. The molecule has 3 heterocycles. The maximum absolute atomic E-state index is 13.3. The van der Waals surface area contributed by atoms with Gasteiger partial charge in [0, 0.05) is 22.0 Å². The van der Waals surface area contributed by atoms with Crippen molar-refractivity contribution >= 4 is 44.9 Å². The number of carbonyl (C=O) groups is 1. The van der Waals surface area contributed by atoms with Gasteiger partial charge in [0.15, 0.2) is 0 Å². The predicted molar refractivity (Wildman–Crippen MR) is 112 cm³/mol. The maximum atomic E-state index is 13.3. The van der Waals surface area contributed by atoms with E-state index in [9.17, 15) is 4.79 Å². The molecule has 0 N–H and O–H groups in total. The van der Waals surface area contributed by atoms with E-state index in [1.807, 2.05) is 24.0 Å². The van der Waals surface area contributed by atoms with Gasteiger partial charge >= 0.3 is 0 Å². The number of thiophene rings is 1. The first-order valence-electron chi connectivity index (χ1n) is 9.46. The lowest BCUT2D eigenvalue weighted by molar-refractivity contribution is -0.118. The zero-order valence-corrected chi connectivity index (χ0v) is 17.1. The topological polar surface area (TPSA) is 46.1 Å². The van der Waals surface area contributed by atoms with Gasteiger partial charge in [-0.3, -0.25) is 4.79 Å². The van der Waals surface area contributed by atoms with Crippen LogP contribution >= 0.6 is 23.1 Å². The average molecular weight is 396 g/mol. The van der Waals surface area contributed by atoms with Crippen LogP contribution < -0.4 is 4.90 Å². The van der Waals surface area contributed by atoms with Crippen molar-refractivity contribution in [3.8, 4) is 0 Å². The molecule has 0 saturated heterocycles. The Kier molecular flexibility index (Phi) is 4.20. The molecule has 6 heteroatoms. The number of rotatable bonds is 3. The maximum Gasteiger partial charge on any atom is 0.240 e. The number of hydrogen-bond donors (Lipinski definition) is 0. The number of carbonyl (C=O) groups excluding carboxylic acids is 1. The fourth-order valence-electron chi connectivity index (χ4n) is 4.30. The van der Waals surface area contributed by atoms with Crippen molar-refractivity contribution in [3.05, 3.63) is 46.6 Å². The molecule has 27 heavy (non-hydrogen) atoms. The lowest BCUT2D eigenvalue weighted by atomic mass is 10.1. The van der Waals surface area contributed by atoms with Gasteiger partial charge in [-0.2, -0.15) is 0 Å². The van der Waals surface area contributed by atoms with Crippen LogP contribution in [0.25, 0.3) is 10.2 Å². The van der Waals surface area contributed by atoms with Gasteiger partial charge in [-0.25, -0.2) is 9.97 Å². The zero-order valence-electron chi connectivity index (χ0n) is 15.4. The standard InChI is InChI=1S/C21H21N3OS2/c1-12-10-14-6-3-4-8-16(14)24(12)21(25)13(2)26-19-18-15-7-5-9-17(15)27-20(18)23-11-22-19/h3-4,6,8,11-13H,5,7,9-10H2,1-2H3/t12-,13+/m1/s1. The van der Waals surface area contributed by atoms with Crippen LogP contribution in [0.2, 0.25) is 0 Å². The van der Waals surface area contributed by atoms with Crippen molar-refractivity contribution < 1.29 is 4.79 Å². The van der Waals surface area contributed by atoms with Crippen molar-refractivity contribution in [2.24, 2.45) is 0 Å². The first kappa shape index (κ1) is 17.2. The zero-order chi connectivity index (χ0) is 18.5. The highest BCUT2D eigenvalue weighted by molar-refractivity contribution is 8.00. The molecule has 0 fully saturated rings. The smallest absolute Gasteiger partial charge is 0.240 e. The minimum atomic E-state index is -0.186. The van der Waals surface area contributed by atoms with Crippen LogP contribution in [0.15, 0.2) is 35.6 Å². The lowest BCUT2D eigenvalue weighted by Gasteiger charge is -2.25. The summed E-state index contributed by atoms with van der Waals surface area (Å²) in [5, 5.41) is 1.96. The Morgan fingerprint density at radius 2 is 2.15 bits per heavy atom. The molecule has 2 aliphatic rings. The molecule has 1 amide bonds. The van der Waals surface area contributed by atoms with E-state index < -0.39 is 0 Å². The van der Waals surface area contributed by atoms with Gasteiger partial charge in [0.1, 0.15) is 16.2 Å².